The largest absolute Gasteiger partial charge is 0.389 e. The molecule has 4 rings (SSSR count). The molecule has 27 heavy (non-hydrogen) atoms. The maximum Gasteiger partial charge on any atom is 0.138 e. The molecule has 2 aromatic rings. The van der Waals surface area contributed by atoms with Crippen LogP contribution in [0.3, 0.4) is 0 Å². The zero-order valence-corrected chi connectivity index (χ0v) is 17.7. The average molecular weight is 435 g/mol. The molecule has 1 fully saturated rings. The third-order valence-electron chi connectivity index (χ3n) is 5.09. The lowest BCUT2D eigenvalue weighted by Crippen LogP contribution is -2.29. The molecule has 1 aliphatic carbocycles. The number of ether oxygens (including phenoxy) is 1. The Morgan fingerprint density at radius 3 is 2.89 bits per heavy atom. The summed E-state index contributed by atoms with van der Waals surface area (Å²) < 4.78 is 5.87. The van der Waals surface area contributed by atoms with Gasteiger partial charge < -0.3 is 20.5 Å². The Hall–Kier alpha value is -0.700. The van der Waals surface area contributed by atoms with Gasteiger partial charge in [-0.2, -0.15) is 0 Å². The van der Waals surface area contributed by atoms with Gasteiger partial charge in [0.05, 0.1) is 24.2 Å². The molecule has 0 saturated heterocycles. The zero-order valence-electron chi connectivity index (χ0n) is 15.3. The third-order valence-corrected chi connectivity index (χ3v) is 6.23. The number of hydrogen-bond donors (Lipinski definition) is 3. The molecule has 3 heterocycles. The predicted molar refractivity (Wildman–Crippen MR) is 115 cm³/mol. The molecule has 0 aromatic carbocycles. The first-order chi connectivity index (χ1) is 12.3. The van der Waals surface area contributed by atoms with Crippen LogP contribution in [-0.4, -0.2) is 47.0 Å². The van der Waals surface area contributed by atoms with Crippen LogP contribution in [-0.2, 0) is 17.7 Å². The van der Waals surface area contributed by atoms with Crippen LogP contribution in [0.5, 0.6) is 0 Å². The van der Waals surface area contributed by atoms with Crippen LogP contribution in [0.1, 0.15) is 42.5 Å². The van der Waals surface area contributed by atoms with Crippen molar-refractivity contribution in [1.29, 1.82) is 0 Å². The number of anilines is 1. The summed E-state index contributed by atoms with van der Waals surface area (Å²) in [5.74, 6) is 0.834. The highest BCUT2D eigenvalue weighted by Crippen LogP contribution is 2.35. The molecule has 0 bridgehead atoms. The Labute approximate surface area is 176 Å². The number of aromatic nitrogens is 2. The van der Waals surface area contributed by atoms with Crippen LogP contribution >= 0.6 is 36.2 Å². The molecule has 9 heteroatoms. The topological polar surface area (TPSA) is 79.3 Å². The highest BCUT2D eigenvalue weighted by atomic mass is 35.5. The number of aliphatic hydroxyl groups excluding tert-OH is 1. The lowest BCUT2D eigenvalue weighted by atomic mass is 9.98. The van der Waals surface area contributed by atoms with Gasteiger partial charge in [0, 0.05) is 18.0 Å². The molecule has 1 aliphatic heterocycles. The van der Waals surface area contributed by atoms with Crippen LogP contribution in [0.4, 0.5) is 5.82 Å². The molecule has 1 atom stereocenters. The van der Waals surface area contributed by atoms with E-state index in [9.17, 15) is 5.11 Å². The standard InChI is InChI=1S/C18H26N4O2S.2ClH/c23-12(10-24-13-4-2-1-3-5-13)8-20-17-16-14-6-7-19-9-15(14)25-18(16)22-11-21-17;;/h11-13,19,23H,1-10H2,(H,20,21,22);2*1H. The Bertz CT molecular complexity index is 725. The summed E-state index contributed by atoms with van der Waals surface area (Å²) in [7, 11) is 0. The van der Waals surface area contributed by atoms with Crippen molar-refractivity contribution in [2.45, 2.75) is 57.3 Å². The van der Waals surface area contributed by atoms with Gasteiger partial charge in [-0.05, 0) is 31.4 Å². The van der Waals surface area contributed by atoms with E-state index in [1.165, 1.54) is 29.7 Å². The van der Waals surface area contributed by atoms with Crippen molar-refractivity contribution in [3.63, 3.8) is 0 Å². The van der Waals surface area contributed by atoms with E-state index in [2.05, 4.69) is 20.6 Å². The van der Waals surface area contributed by atoms with Gasteiger partial charge in [0.25, 0.3) is 0 Å². The number of thiophene rings is 1. The lowest BCUT2D eigenvalue weighted by molar-refractivity contribution is -0.0195. The molecule has 2 aromatic heterocycles. The fourth-order valence-corrected chi connectivity index (χ4v) is 4.90. The smallest absolute Gasteiger partial charge is 0.138 e. The molecule has 1 saturated carbocycles. The number of nitrogens with zero attached hydrogens (tertiary/aromatic N) is 2. The Morgan fingerprint density at radius 2 is 2.07 bits per heavy atom. The Kier molecular flexibility index (Phi) is 8.98. The summed E-state index contributed by atoms with van der Waals surface area (Å²) in [6, 6.07) is 0. The number of aliphatic hydroxyl groups is 1. The minimum atomic E-state index is -0.525. The molecule has 152 valence electrons. The van der Waals surface area contributed by atoms with E-state index in [-0.39, 0.29) is 24.8 Å². The van der Waals surface area contributed by atoms with E-state index in [0.717, 1.165) is 48.4 Å². The first kappa shape index (κ1) is 22.6. The number of nitrogens with one attached hydrogen (secondary N) is 2. The van der Waals surface area contributed by atoms with E-state index >= 15 is 0 Å². The minimum absolute atomic E-state index is 0. The number of hydrogen-bond acceptors (Lipinski definition) is 7. The minimum Gasteiger partial charge on any atom is -0.389 e. The fourth-order valence-electron chi connectivity index (χ4n) is 3.75. The molecular formula is C18H28Cl2N4O2S. The predicted octanol–water partition coefficient (Wildman–Crippen LogP) is 3.30. The van der Waals surface area contributed by atoms with E-state index < -0.39 is 6.10 Å². The van der Waals surface area contributed by atoms with Gasteiger partial charge >= 0.3 is 0 Å². The van der Waals surface area contributed by atoms with Gasteiger partial charge in [-0.15, -0.1) is 36.2 Å². The van der Waals surface area contributed by atoms with Crippen LogP contribution < -0.4 is 10.6 Å². The van der Waals surface area contributed by atoms with Gasteiger partial charge in [0.1, 0.15) is 17.0 Å². The van der Waals surface area contributed by atoms with E-state index in [4.69, 9.17) is 4.74 Å². The molecule has 1 unspecified atom stereocenters. The molecule has 6 nitrogen and oxygen atoms in total. The fraction of sp³-hybridized carbons (Fsp3) is 0.667. The first-order valence-corrected chi connectivity index (χ1v) is 10.1. The van der Waals surface area contributed by atoms with Crippen LogP contribution in [0.15, 0.2) is 6.33 Å². The maximum absolute atomic E-state index is 10.3. The van der Waals surface area contributed by atoms with Crippen LogP contribution in [0.25, 0.3) is 10.2 Å². The molecular weight excluding hydrogens is 407 g/mol. The normalized spacial score (nSPS) is 18.3. The van der Waals surface area contributed by atoms with Crippen LogP contribution in [0.2, 0.25) is 0 Å². The Balaban J connectivity index is 0.00000131. The molecule has 0 amide bonds. The average Bonchev–Trinajstić information content (AvgIpc) is 3.04. The van der Waals surface area contributed by atoms with E-state index in [1.54, 1.807) is 17.7 Å². The summed E-state index contributed by atoms with van der Waals surface area (Å²) in [6.45, 7) is 2.73. The SMILES string of the molecule is Cl.Cl.OC(CNc1ncnc2sc3c(c12)CCNC3)COC1CCCCC1. The number of halogens is 2. The van der Waals surface area contributed by atoms with Crippen molar-refractivity contribution in [2.24, 2.45) is 0 Å². The summed E-state index contributed by atoms with van der Waals surface area (Å²) >= 11 is 1.74. The summed E-state index contributed by atoms with van der Waals surface area (Å²) in [6.07, 6.45) is 8.47. The van der Waals surface area contributed by atoms with Crippen molar-refractivity contribution in [3.8, 4) is 0 Å². The van der Waals surface area contributed by atoms with Crippen molar-refractivity contribution >= 4 is 52.2 Å². The van der Waals surface area contributed by atoms with Gasteiger partial charge in [0.15, 0.2) is 0 Å². The Morgan fingerprint density at radius 1 is 1.26 bits per heavy atom. The maximum atomic E-state index is 10.3. The molecule has 0 spiro atoms. The van der Waals surface area contributed by atoms with Crippen molar-refractivity contribution < 1.29 is 9.84 Å². The monoisotopic (exact) mass is 434 g/mol. The summed E-state index contributed by atoms with van der Waals surface area (Å²) in [5.41, 5.74) is 1.36. The second kappa shape index (κ2) is 10.7. The molecule has 2 aliphatic rings. The van der Waals surface area contributed by atoms with Crippen molar-refractivity contribution in [3.05, 3.63) is 16.8 Å². The van der Waals surface area contributed by atoms with E-state index in [1.807, 2.05) is 0 Å². The van der Waals surface area contributed by atoms with Gasteiger partial charge in [0.2, 0.25) is 0 Å². The highest BCUT2D eigenvalue weighted by Gasteiger charge is 2.20. The van der Waals surface area contributed by atoms with E-state index in [0.29, 0.717) is 19.3 Å². The molecule has 3 N–H and O–H groups in total. The number of fused-ring (bicyclic) bond motifs is 3. The lowest BCUT2D eigenvalue weighted by Gasteiger charge is -2.23. The summed E-state index contributed by atoms with van der Waals surface area (Å²) in [4.78, 5) is 11.2. The van der Waals surface area contributed by atoms with Crippen molar-refractivity contribution in [2.75, 3.05) is 25.0 Å². The van der Waals surface area contributed by atoms with Crippen molar-refractivity contribution in [1.82, 2.24) is 15.3 Å². The van der Waals surface area contributed by atoms with Gasteiger partial charge in [-0.25, -0.2) is 9.97 Å². The van der Waals surface area contributed by atoms with Crippen LogP contribution in [0, 0.1) is 0 Å². The highest BCUT2D eigenvalue weighted by molar-refractivity contribution is 7.18. The second-order valence-electron chi connectivity index (χ2n) is 6.96. The second-order valence-corrected chi connectivity index (χ2v) is 8.04. The molecule has 0 radical (unpaired) electrons. The summed E-state index contributed by atoms with van der Waals surface area (Å²) in [5, 5.41) is 18.1. The number of rotatable bonds is 6. The first-order valence-electron chi connectivity index (χ1n) is 9.31. The van der Waals surface area contributed by atoms with Gasteiger partial charge in [-0.3, -0.25) is 0 Å². The van der Waals surface area contributed by atoms with Gasteiger partial charge in [-0.1, -0.05) is 19.3 Å². The third kappa shape index (κ3) is 5.43. The zero-order chi connectivity index (χ0) is 17.1. The quantitative estimate of drug-likeness (QED) is 0.646.